The third-order valence-corrected chi connectivity index (χ3v) is 2.23. The zero-order valence-electron chi connectivity index (χ0n) is 10.4. The van der Waals surface area contributed by atoms with Crippen LogP contribution in [0.2, 0.25) is 0 Å². The molecule has 0 spiro atoms. The van der Waals surface area contributed by atoms with E-state index in [1.165, 1.54) is 0 Å². The van der Waals surface area contributed by atoms with Crippen molar-refractivity contribution in [2.75, 3.05) is 13.2 Å². The van der Waals surface area contributed by atoms with E-state index in [9.17, 15) is 9.59 Å². The average Bonchev–Trinajstić information content (AvgIpc) is 2.33. The Morgan fingerprint density at radius 2 is 2.11 bits per heavy atom. The zero-order chi connectivity index (χ0) is 13.8. The van der Waals surface area contributed by atoms with Crippen LogP contribution < -0.4 is 11.1 Å². The van der Waals surface area contributed by atoms with E-state index in [1.54, 1.807) is 0 Å². The third-order valence-electron chi connectivity index (χ3n) is 2.23. The minimum Gasteiger partial charge on any atom is -0.480 e. The van der Waals surface area contributed by atoms with Gasteiger partial charge in [0.2, 0.25) is 0 Å². The molecular weight excluding hydrogens is 236 g/mol. The Kier molecular flexibility index (Phi) is 9.41. The second kappa shape index (κ2) is 10.4. The summed E-state index contributed by atoms with van der Waals surface area (Å²) in [6.45, 7) is 0.750. The standard InChI is InChI=1S/C12H20N2O4/c1-2-3-6-9-18-12(17)14-8-5-4-7-10(13)11(15)16/h1,10H,3-9,13H2,(H,14,17)(H,15,16). The molecule has 6 nitrogen and oxygen atoms in total. The molecule has 0 saturated carbocycles. The Morgan fingerprint density at radius 3 is 2.72 bits per heavy atom. The van der Waals surface area contributed by atoms with Crippen molar-refractivity contribution in [3.63, 3.8) is 0 Å². The van der Waals surface area contributed by atoms with Crippen LogP contribution in [0.1, 0.15) is 32.1 Å². The summed E-state index contributed by atoms with van der Waals surface area (Å²) in [4.78, 5) is 21.5. The summed E-state index contributed by atoms with van der Waals surface area (Å²) in [6.07, 6.45) is 7.51. The van der Waals surface area contributed by atoms with Crippen LogP contribution in [0.5, 0.6) is 0 Å². The molecule has 0 aliphatic rings. The first kappa shape index (κ1) is 16.3. The van der Waals surface area contributed by atoms with Gasteiger partial charge in [0.05, 0.1) is 6.61 Å². The molecule has 0 fully saturated rings. The van der Waals surface area contributed by atoms with Gasteiger partial charge in [-0.15, -0.1) is 12.3 Å². The van der Waals surface area contributed by atoms with Crippen molar-refractivity contribution in [2.24, 2.45) is 5.73 Å². The lowest BCUT2D eigenvalue weighted by molar-refractivity contribution is -0.138. The summed E-state index contributed by atoms with van der Waals surface area (Å²) in [5, 5.41) is 11.1. The maximum Gasteiger partial charge on any atom is 0.407 e. The highest BCUT2D eigenvalue weighted by atomic mass is 16.5. The molecule has 1 amide bonds. The number of terminal acetylenes is 1. The molecule has 4 N–H and O–H groups in total. The Balaban J connectivity index is 3.36. The topological polar surface area (TPSA) is 102 Å². The molecule has 0 aliphatic carbocycles. The monoisotopic (exact) mass is 256 g/mol. The zero-order valence-corrected chi connectivity index (χ0v) is 10.4. The van der Waals surface area contributed by atoms with E-state index >= 15 is 0 Å². The highest BCUT2D eigenvalue weighted by molar-refractivity contribution is 5.72. The van der Waals surface area contributed by atoms with Crippen molar-refractivity contribution in [1.82, 2.24) is 5.32 Å². The Hall–Kier alpha value is -1.74. The molecule has 0 radical (unpaired) electrons. The number of amides is 1. The first-order chi connectivity index (χ1) is 8.57. The van der Waals surface area contributed by atoms with Crippen molar-refractivity contribution in [3.05, 3.63) is 0 Å². The van der Waals surface area contributed by atoms with E-state index in [-0.39, 0.29) is 0 Å². The highest BCUT2D eigenvalue weighted by Crippen LogP contribution is 1.98. The van der Waals surface area contributed by atoms with Crippen molar-refractivity contribution < 1.29 is 19.4 Å². The van der Waals surface area contributed by atoms with E-state index in [4.69, 9.17) is 22.0 Å². The molecular formula is C12H20N2O4. The van der Waals surface area contributed by atoms with Crippen LogP contribution in [0.3, 0.4) is 0 Å². The fraction of sp³-hybridized carbons (Fsp3) is 0.667. The third kappa shape index (κ3) is 9.48. The number of carbonyl (C=O) groups is 2. The SMILES string of the molecule is C#CCCCOC(=O)NCCCCC(N)C(=O)O. The number of carbonyl (C=O) groups excluding carboxylic acids is 1. The summed E-state index contributed by atoms with van der Waals surface area (Å²) in [6, 6.07) is -0.833. The molecule has 0 aromatic carbocycles. The van der Waals surface area contributed by atoms with Gasteiger partial charge in [0.1, 0.15) is 6.04 Å². The highest BCUT2D eigenvalue weighted by Gasteiger charge is 2.10. The summed E-state index contributed by atoms with van der Waals surface area (Å²) in [5.41, 5.74) is 5.33. The van der Waals surface area contributed by atoms with Crippen LogP contribution in [-0.4, -0.2) is 36.4 Å². The predicted molar refractivity (Wildman–Crippen MR) is 66.9 cm³/mol. The van der Waals surface area contributed by atoms with E-state index in [0.717, 1.165) is 0 Å². The predicted octanol–water partition coefficient (Wildman–Crippen LogP) is 0.708. The number of carboxylic acids is 1. The summed E-state index contributed by atoms with van der Waals surface area (Å²) < 4.78 is 4.85. The molecule has 0 heterocycles. The van der Waals surface area contributed by atoms with Gasteiger partial charge in [-0.25, -0.2) is 4.79 Å². The number of nitrogens with two attached hydrogens (primary N) is 1. The van der Waals surface area contributed by atoms with Gasteiger partial charge >= 0.3 is 12.1 Å². The molecule has 0 aromatic rings. The lowest BCUT2D eigenvalue weighted by atomic mass is 10.1. The molecule has 0 saturated heterocycles. The number of hydrogen-bond acceptors (Lipinski definition) is 4. The van der Waals surface area contributed by atoms with Crippen molar-refractivity contribution in [3.8, 4) is 12.3 Å². The van der Waals surface area contributed by atoms with Crippen LogP contribution in [0.25, 0.3) is 0 Å². The van der Waals surface area contributed by atoms with E-state index in [2.05, 4.69) is 11.2 Å². The molecule has 18 heavy (non-hydrogen) atoms. The van der Waals surface area contributed by atoms with Crippen molar-refractivity contribution in [1.29, 1.82) is 0 Å². The molecule has 102 valence electrons. The number of ether oxygens (including phenoxy) is 1. The molecule has 0 rings (SSSR count). The average molecular weight is 256 g/mol. The molecule has 6 heteroatoms. The molecule has 0 aliphatic heterocycles. The Bertz CT molecular complexity index is 299. The van der Waals surface area contributed by atoms with Crippen molar-refractivity contribution in [2.45, 2.75) is 38.1 Å². The minimum absolute atomic E-state index is 0.305. The van der Waals surface area contributed by atoms with Gasteiger partial charge in [-0.3, -0.25) is 4.79 Å². The lowest BCUT2D eigenvalue weighted by Gasteiger charge is -2.07. The number of unbranched alkanes of at least 4 members (excludes halogenated alkanes) is 2. The molecule has 1 unspecified atom stereocenters. The number of aliphatic carboxylic acids is 1. The van der Waals surface area contributed by atoms with Gasteiger partial charge < -0.3 is 20.9 Å². The number of alkyl carbamates (subject to hydrolysis) is 1. The smallest absolute Gasteiger partial charge is 0.407 e. The van der Waals surface area contributed by atoms with Crippen LogP contribution in [0.15, 0.2) is 0 Å². The number of carboxylic acid groups (broad SMARTS) is 1. The summed E-state index contributed by atoms with van der Waals surface area (Å²) in [5.74, 6) is 1.45. The van der Waals surface area contributed by atoms with Crippen LogP contribution in [0.4, 0.5) is 4.79 Å². The first-order valence-corrected chi connectivity index (χ1v) is 5.90. The number of nitrogens with one attached hydrogen (secondary N) is 1. The largest absolute Gasteiger partial charge is 0.480 e. The van der Waals surface area contributed by atoms with Gasteiger partial charge in [-0.05, 0) is 25.7 Å². The van der Waals surface area contributed by atoms with Gasteiger partial charge in [-0.2, -0.15) is 0 Å². The van der Waals surface area contributed by atoms with Crippen LogP contribution >= 0.6 is 0 Å². The van der Waals surface area contributed by atoms with E-state index < -0.39 is 18.1 Å². The van der Waals surface area contributed by atoms with Gasteiger partial charge in [-0.1, -0.05) is 0 Å². The lowest BCUT2D eigenvalue weighted by Crippen LogP contribution is -2.30. The van der Waals surface area contributed by atoms with Crippen molar-refractivity contribution >= 4 is 12.1 Å². The van der Waals surface area contributed by atoms with E-state index in [0.29, 0.717) is 45.3 Å². The maximum absolute atomic E-state index is 11.1. The fourth-order valence-corrected chi connectivity index (χ4v) is 1.19. The fourth-order valence-electron chi connectivity index (χ4n) is 1.19. The second-order valence-corrected chi connectivity index (χ2v) is 3.81. The Labute approximate surface area is 107 Å². The maximum atomic E-state index is 11.1. The number of rotatable bonds is 9. The quantitative estimate of drug-likeness (QED) is 0.416. The Morgan fingerprint density at radius 1 is 1.39 bits per heavy atom. The second-order valence-electron chi connectivity index (χ2n) is 3.81. The van der Waals surface area contributed by atoms with Gasteiger partial charge in [0.25, 0.3) is 0 Å². The number of hydrogen-bond donors (Lipinski definition) is 3. The molecule has 1 atom stereocenters. The van der Waals surface area contributed by atoms with Gasteiger partial charge in [0.15, 0.2) is 0 Å². The van der Waals surface area contributed by atoms with Gasteiger partial charge in [0, 0.05) is 13.0 Å². The van der Waals surface area contributed by atoms with E-state index in [1.807, 2.05) is 0 Å². The molecule has 0 aromatic heterocycles. The van der Waals surface area contributed by atoms with Crippen LogP contribution in [0, 0.1) is 12.3 Å². The van der Waals surface area contributed by atoms with Crippen LogP contribution in [-0.2, 0) is 9.53 Å². The normalized spacial score (nSPS) is 11.3. The first-order valence-electron chi connectivity index (χ1n) is 5.90. The minimum atomic E-state index is -1.00. The summed E-state index contributed by atoms with van der Waals surface area (Å²) >= 11 is 0. The summed E-state index contributed by atoms with van der Waals surface area (Å²) in [7, 11) is 0. The molecule has 0 bridgehead atoms.